The van der Waals surface area contributed by atoms with Crippen molar-refractivity contribution >= 4 is 26.6 Å². The second kappa shape index (κ2) is 7.88. The summed E-state index contributed by atoms with van der Waals surface area (Å²) in [6, 6.07) is 14.6. The first-order valence-corrected chi connectivity index (χ1v) is 10.8. The van der Waals surface area contributed by atoms with Crippen LogP contribution in [-0.2, 0) is 10.0 Å². The molecular weight excluding hydrogens is 390 g/mol. The maximum atomic E-state index is 13.3. The summed E-state index contributed by atoms with van der Waals surface area (Å²) in [4.78, 5) is 6.69. The number of anilines is 1. The third-order valence-corrected chi connectivity index (χ3v) is 7.11. The summed E-state index contributed by atoms with van der Waals surface area (Å²) in [5.74, 6) is 1.43. The molecule has 1 aliphatic heterocycles. The maximum Gasteiger partial charge on any atom is 0.245 e. The van der Waals surface area contributed by atoms with Crippen LogP contribution in [0.1, 0.15) is 0 Å². The maximum absolute atomic E-state index is 13.3. The number of ether oxygens (including phenoxy) is 2. The molecule has 7 nitrogen and oxygen atoms in total. The van der Waals surface area contributed by atoms with Crippen LogP contribution in [-0.4, -0.2) is 58.1 Å². The molecule has 3 aromatic rings. The second-order valence-electron chi connectivity index (χ2n) is 6.76. The van der Waals surface area contributed by atoms with Crippen molar-refractivity contribution in [3.05, 3.63) is 54.7 Å². The zero-order valence-electron chi connectivity index (χ0n) is 16.4. The number of fused-ring (bicyclic) bond motifs is 1. The minimum absolute atomic E-state index is 0.256. The summed E-state index contributed by atoms with van der Waals surface area (Å²) >= 11 is 0. The molecule has 0 aliphatic carbocycles. The number of hydrogen-bond acceptors (Lipinski definition) is 6. The van der Waals surface area contributed by atoms with Gasteiger partial charge in [-0.25, -0.2) is 8.42 Å². The number of piperazine rings is 1. The second-order valence-corrected chi connectivity index (χ2v) is 8.67. The van der Waals surface area contributed by atoms with E-state index in [0.29, 0.717) is 37.4 Å². The van der Waals surface area contributed by atoms with Gasteiger partial charge < -0.3 is 14.4 Å². The number of rotatable bonds is 5. The lowest BCUT2D eigenvalue weighted by Crippen LogP contribution is -2.48. The normalized spacial score (nSPS) is 15.4. The van der Waals surface area contributed by atoms with Gasteiger partial charge in [-0.15, -0.1) is 0 Å². The molecule has 1 saturated heterocycles. The highest BCUT2D eigenvalue weighted by Gasteiger charge is 2.31. The minimum atomic E-state index is -3.63. The van der Waals surface area contributed by atoms with E-state index >= 15 is 0 Å². The molecule has 2 aromatic carbocycles. The van der Waals surface area contributed by atoms with Crippen LogP contribution in [0.15, 0.2) is 59.6 Å². The third kappa shape index (κ3) is 3.61. The Morgan fingerprint density at radius 2 is 1.69 bits per heavy atom. The molecule has 0 saturated carbocycles. The standard InChI is InChI=1S/C21H23N3O4S/c1-27-17-8-9-18(19(15-17)28-2)23-11-13-24(14-12-23)29(25,26)20-7-3-5-16-6-4-10-22-21(16)20/h3-10,15H,11-14H2,1-2H3. The van der Waals surface area contributed by atoms with Crippen LogP contribution in [0.25, 0.3) is 10.9 Å². The van der Waals surface area contributed by atoms with Crippen LogP contribution in [0.4, 0.5) is 5.69 Å². The summed E-state index contributed by atoms with van der Waals surface area (Å²) in [5.41, 5.74) is 1.44. The van der Waals surface area contributed by atoms with Crippen molar-refractivity contribution in [1.29, 1.82) is 0 Å². The Hall–Kier alpha value is -2.84. The van der Waals surface area contributed by atoms with Gasteiger partial charge in [-0.05, 0) is 24.3 Å². The van der Waals surface area contributed by atoms with Gasteiger partial charge in [0.15, 0.2) is 0 Å². The van der Waals surface area contributed by atoms with Crippen LogP contribution < -0.4 is 14.4 Å². The average Bonchev–Trinajstić information content (AvgIpc) is 2.78. The summed E-state index contributed by atoms with van der Waals surface area (Å²) < 4.78 is 38.8. The van der Waals surface area contributed by atoms with E-state index < -0.39 is 10.0 Å². The molecule has 1 aliphatic rings. The smallest absolute Gasteiger partial charge is 0.245 e. The van der Waals surface area contributed by atoms with E-state index in [1.54, 1.807) is 38.6 Å². The first-order chi connectivity index (χ1) is 14.0. The monoisotopic (exact) mass is 413 g/mol. The molecule has 0 amide bonds. The quantitative estimate of drug-likeness (QED) is 0.641. The lowest BCUT2D eigenvalue weighted by Gasteiger charge is -2.36. The van der Waals surface area contributed by atoms with Crippen molar-refractivity contribution in [2.75, 3.05) is 45.3 Å². The van der Waals surface area contributed by atoms with Crippen molar-refractivity contribution in [3.63, 3.8) is 0 Å². The van der Waals surface area contributed by atoms with Gasteiger partial charge in [0.2, 0.25) is 10.0 Å². The van der Waals surface area contributed by atoms with E-state index in [2.05, 4.69) is 9.88 Å². The van der Waals surface area contributed by atoms with Gasteiger partial charge in [0.1, 0.15) is 16.4 Å². The van der Waals surface area contributed by atoms with Crippen LogP contribution in [0.5, 0.6) is 11.5 Å². The Kier molecular flexibility index (Phi) is 5.29. The lowest BCUT2D eigenvalue weighted by atomic mass is 10.2. The van der Waals surface area contributed by atoms with Gasteiger partial charge in [-0.1, -0.05) is 18.2 Å². The van der Waals surface area contributed by atoms with Crippen molar-refractivity contribution < 1.29 is 17.9 Å². The third-order valence-electron chi connectivity index (χ3n) is 5.18. The summed E-state index contributed by atoms with van der Waals surface area (Å²) in [7, 11) is -0.399. The van der Waals surface area contributed by atoms with Crippen molar-refractivity contribution in [2.45, 2.75) is 4.90 Å². The molecule has 29 heavy (non-hydrogen) atoms. The molecule has 1 aromatic heterocycles. The lowest BCUT2D eigenvalue weighted by molar-refractivity contribution is 0.375. The molecule has 4 rings (SSSR count). The summed E-state index contributed by atoms with van der Waals surface area (Å²) in [6.45, 7) is 1.92. The number of para-hydroxylation sites is 1. The van der Waals surface area contributed by atoms with E-state index in [0.717, 1.165) is 16.8 Å². The number of sulfonamides is 1. The van der Waals surface area contributed by atoms with Gasteiger partial charge in [-0.2, -0.15) is 4.31 Å². The summed E-state index contributed by atoms with van der Waals surface area (Å²) in [5, 5.41) is 0.815. The first-order valence-electron chi connectivity index (χ1n) is 9.35. The largest absolute Gasteiger partial charge is 0.497 e. The highest BCUT2D eigenvalue weighted by Crippen LogP contribution is 2.33. The van der Waals surface area contributed by atoms with Crippen molar-refractivity contribution in [1.82, 2.24) is 9.29 Å². The van der Waals surface area contributed by atoms with Crippen LogP contribution >= 0.6 is 0 Å². The van der Waals surface area contributed by atoms with Gasteiger partial charge in [0.05, 0.1) is 25.4 Å². The Balaban J connectivity index is 1.56. The fourth-order valence-corrected chi connectivity index (χ4v) is 5.23. The van der Waals surface area contributed by atoms with Gasteiger partial charge in [-0.3, -0.25) is 4.98 Å². The Bertz CT molecular complexity index is 1120. The minimum Gasteiger partial charge on any atom is -0.497 e. The van der Waals surface area contributed by atoms with E-state index in [-0.39, 0.29) is 4.90 Å². The molecular formula is C21H23N3O4S. The summed E-state index contributed by atoms with van der Waals surface area (Å²) in [6.07, 6.45) is 1.62. The Labute approximate surface area is 170 Å². The van der Waals surface area contributed by atoms with Crippen LogP contribution in [0, 0.1) is 0 Å². The molecule has 0 radical (unpaired) electrons. The zero-order valence-corrected chi connectivity index (χ0v) is 17.2. The van der Waals surface area contributed by atoms with Crippen molar-refractivity contribution in [3.8, 4) is 11.5 Å². The highest BCUT2D eigenvalue weighted by atomic mass is 32.2. The predicted molar refractivity (Wildman–Crippen MR) is 112 cm³/mol. The van der Waals surface area contributed by atoms with Gasteiger partial charge in [0.25, 0.3) is 0 Å². The van der Waals surface area contributed by atoms with E-state index in [4.69, 9.17) is 9.47 Å². The number of pyridine rings is 1. The molecule has 8 heteroatoms. The van der Waals surface area contributed by atoms with E-state index in [9.17, 15) is 8.42 Å². The van der Waals surface area contributed by atoms with Gasteiger partial charge >= 0.3 is 0 Å². The van der Waals surface area contributed by atoms with E-state index in [1.165, 1.54) is 4.31 Å². The van der Waals surface area contributed by atoms with E-state index in [1.807, 2.05) is 30.3 Å². The van der Waals surface area contributed by atoms with Crippen LogP contribution in [0.3, 0.4) is 0 Å². The fraction of sp³-hybridized carbons (Fsp3) is 0.286. The number of aromatic nitrogens is 1. The molecule has 0 spiro atoms. The van der Waals surface area contributed by atoms with Gasteiger partial charge in [0, 0.05) is 43.8 Å². The fourth-order valence-electron chi connectivity index (χ4n) is 3.64. The Morgan fingerprint density at radius 1 is 0.931 bits per heavy atom. The number of benzene rings is 2. The topological polar surface area (TPSA) is 72.0 Å². The van der Waals surface area contributed by atoms with Crippen LogP contribution in [0.2, 0.25) is 0 Å². The predicted octanol–water partition coefficient (Wildman–Crippen LogP) is 2.76. The van der Waals surface area contributed by atoms with Crippen molar-refractivity contribution in [2.24, 2.45) is 0 Å². The number of methoxy groups -OCH3 is 2. The molecule has 152 valence electrons. The highest BCUT2D eigenvalue weighted by molar-refractivity contribution is 7.89. The molecule has 0 N–H and O–H groups in total. The molecule has 1 fully saturated rings. The average molecular weight is 413 g/mol. The molecule has 0 unspecified atom stereocenters. The molecule has 0 bridgehead atoms. The zero-order chi connectivity index (χ0) is 20.4. The Morgan fingerprint density at radius 3 is 2.41 bits per heavy atom. The first kappa shape index (κ1) is 19.5. The molecule has 0 atom stereocenters. The number of hydrogen-bond donors (Lipinski definition) is 0. The molecule has 2 heterocycles. The number of nitrogens with zero attached hydrogens (tertiary/aromatic N) is 3. The SMILES string of the molecule is COc1ccc(N2CCN(S(=O)(=O)c3cccc4cccnc34)CC2)c(OC)c1.